The topological polar surface area (TPSA) is 26.3 Å². The van der Waals surface area contributed by atoms with Gasteiger partial charge in [-0.1, -0.05) is 37.8 Å². The van der Waals surface area contributed by atoms with Gasteiger partial charge in [0.25, 0.3) is 0 Å². The Kier molecular flexibility index (Phi) is 6.12. The zero-order valence-electron chi connectivity index (χ0n) is 15.6. The summed E-state index contributed by atoms with van der Waals surface area (Å²) in [7, 11) is 0. The van der Waals surface area contributed by atoms with Gasteiger partial charge in [0.1, 0.15) is 11.5 Å². The molecule has 1 atom stereocenters. The van der Waals surface area contributed by atoms with Gasteiger partial charge in [-0.25, -0.2) is 0 Å². The molecule has 0 aromatic heterocycles. The van der Waals surface area contributed by atoms with Crippen molar-refractivity contribution in [2.75, 3.05) is 0 Å². The van der Waals surface area contributed by atoms with Gasteiger partial charge in [-0.2, -0.15) is 0 Å². The lowest BCUT2D eigenvalue weighted by Gasteiger charge is -2.26. The molecule has 1 fully saturated rings. The molecule has 134 valence electrons. The maximum atomic E-state index is 12.0. The van der Waals surface area contributed by atoms with Crippen molar-refractivity contribution in [2.24, 2.45) is 0 Å². The Morgan fingerprint density at radius 3 is 2.12 bits per heavy atom. The van der Waals surface area contributed by atoms with Crippen LogP contribution in [0.15, 0.2) is 48.5 Å². The smallest absolute Gasteiger partial charge is 0.140 e. The molecule has 2 heteroatoms. The molecule has 2 aromatic carbocycles. The molecule has 0 amide bonds. The maximum Gasteiger partial charge on any atom is 0.140 e. The minimum absolute atomic E-state index is 0.0415. The number of carbonyl (C=O) groups excluding carboxylic acids is 1. The Morgan fingerprint density at radius 2 is 1.62 bits per heavy atom. The molecule has 0 N–H and O–H groups in total. The van der Waals surface area contributed by atoms with E-state index in [9.17, 15) is 4.79 Å². The molecule has 0 saturated heterocycles. The van der Waals surface area contributed by atoms with Gasteiger partial charge in [0.2, 0.25) is 0 Å². The Labute approximate surface area is 156 Å². The Bertz CT molecular complexity index is 787. The van der Waals surface area contributed by atoms with Crippen LogP contribution in [0.3, 0.4) is 0 Å². The van der Waals surface area contributed by atoms with Gasteiger partial charge < -0.3 is 4.74 Å². The molecule has 26 heavy (non-hydrogen) atoms. The van der Waals surface area contributed by atoms with E-state index in [0.717, 1.165) is 28.9 Å². The van der Waals surface area contributed by atoms with Gasteiger partial charge in [-0.05, 0) is 67.6 Å². The largest absolute Gasteiger partial charge is 0.490 e. The molecule has 2 nitrogen and oxygen atoms in total. The highest BCUT2D eigenvalue weighted by Crippen LogP contribution is 2.25. The third kappa shape index (κ3) is 4.76. The number of hydrogen-bond donors (Lipinski definition) is 0. The predicted octanol–water partition coefficient (Wildman–Crippen LogP) is 5.49. The minimum Gasteiger partial charge on any atom is -0.490 e. The first kappa shape index (κ1) is 18.3. The predicted molar refractivity (Wildman–Crippen MR) is 105 cm³/mol. The molecule has 1 aliphatic rings. The molecular weight excluding hydrogens is 320 g/mol. The van der Waals surface area contributed by atoms with E-state index in [1.54, 1.807) is 0 Å². The summed E-state index contributed by atoms with van der Waals surface area (Å²) in [5.74, 6) is 7.56. The first-order valence-electron chi connectivity index (χ1n) is 9.57. The monoisotopic (exact) mass is 346 g/mol. The summed E-state index contributed by atoms with van der Waals surface area (Å²) in [6.07, 6.45) is 5.55. The maximum absolute atomic E-state index is 12.0. The standard InChI is InChI=1S/C24H26O2/c1-3-5-24(25)18(2)21-14-10-19(11-15-21)8-9-20-12-16-23(17-13-20)26-22-6-4-7-22/h10-18,22H,3-7H2,1-2H3. The summed E-state index contributed by atoms with van der Waals surface area (Å²) in [4.78, 5) is 12.0. The van der Waals surface area contributed by atoms with Crippen molar-refractivity contribution in [3.63, 3.8) is 0 Å². The van der Waals surface area contributed by atoms with Crippen LogP contribution in [-0.2, 0) is 4.79 Å². The highest BCUT2D eigenvalue weighted by Gasteiger charge is 2.18. The van der Waals surface area contributed by atoms with Gasteiger partial charge in [0.05, 0.1) is 6.10 Å². The molecule has 0 heterocycles. The lowest BCUT2D eigenvalue weighted by atomic mass is 9.93. The lowest BCUT2D eigenvalue weighted by Crippen LogP contribution is -2.24. The van der Waals surface area contributed by atoms with Gasteiger partial charge in [-0.3, -0.25) is 4.79 Å². The Balaban J connectivity index is 1.61. The molecule has 0 spiro atoms. The fourth-order valence-electron chi connectivity index (χ4n) is 2.95. The number of ketones is 1. The number of rotatable bonds is 6. The molecule has 0 aliphatic heterocycles. The van der Waals surface area contributed by atoms with Crippen LogP contribution in [0.5, 0.6) is 5.75 Å². The van der Waals surface area contributed by atoms with Crippen molar-refractivity contribution >= 4 is 5.78 Å². The van der Waals surface area contributed by atoms with E-state index < -0.39 is 0 Å². The Morgan fingerprint density at radius 1 is 1.04 bits per heavy atom. The summed E-state index contributed by atoms with van der Waals surface area (Å²) in [6.45, 7) is 4.02. The van der Waals surface area contributed by atoms with Crippen molar-refractivity contribution in [3.05, 3.63) is 65.2 Å². The minimum atomic E-state index is -0.0415. The number of ether oxygens (including phenoxy) is 1. The van der Waals surface area contributed by atoms with Crippen LogP contribution in [-0.4, -0.2) is 11.9 Å². The highest BCUT2D eigenvalue weighted by atomic mass is 16.5. The third-order valence-corrected chi connectivity index (χ3v) is 4.95. The first-order valence-corrected chi connectivity index (χ1v) is 9.57. The van der Waals surface area contributed by atoms with E-state index in [1.807, 2.05) is 62.4 Å². The summed E-state index contributed by atoms with van der Waals surface area (Å²) in [5.41, 5.74) is 2.99. The van der Waals surface area contributed by atoms with Crippen molar-refractivity contribution in [1.29, 1.82) is 0 Å². The van der Waals surface area contributed by atoms with Crippen molar-refractivity contribution < 1.29 is 9.53 Å². The molecule has 0 radical (unpaired) electrons. The summed E-state index contributed by atoms with van der Waals surface area (Å²) < 4.78 is 5.86. The summed E-state index contributed by atoms with van der Waals surface area (Å²) in [5, 5.41) is 0. The van der Waals surface area contributed by atoms with Crippen LogP contribution in [0.2, 0.25) is 0 Å². The SMILES string of the molecule is CCCC(=O)C(C)c1ccc(C#Cc2ccc(OC3CCC3)cc2)cc1. The number of Topliss-reactive ketones (excluding diaryl/α,β-unsaturated/α-hetero) is 1. The van der Waals surface area contributed by atoms with E-state index in [4.69, 9.17) is 4.74 Å². The normalized spacial score (nSPS) is 14.7. The van der Waals surface area contributed by atoms with Crippen LogP contribution in [0.1, 0.15) is 68.6 Å². The van der Waals surface area contributed by atoms with Crippen LogP contribution in [0.4, 0.5) is 0 Å². The first-order chi connectivity index (χ1) is 12.7. The second-order valence-electron chi connectivity index (χ2n) is 7.01. The van der Waals surface area contributed by atoms with Crippen molar-refractivity contribution in [2.45, 2.75) is 58.0 Å². The second-order valence-corrected chi connectivity index (χ2v) is 7.01. The molecule has 1 unspecified atom stereocenters. The van der Waals surface area contributed by atoms with E-state index in [-0.39, 0.29) is 5.92 Å². The zero-order valence-corrected chi connectivity index (χ0v) is 15.6. The number of carbonyl (C=O) groups is 1. The molecule has 2 aromatic rings. The zero-order chi connectivity index (χ0) is 18.4. The Hall–Kier alpha value is -2.53. The summed E-state index contributed by atoms with van der Waals surface area (Å²) >= 11 is 0. The molecule has 3 rings (SSSR count). The summed E-state index contributed by atoms with van der Waals surface area (Å²) in [6, 6.07) is 16.0. The second kappa shape index (κ2) is 8.72. The van der Waals surface area contributed by atoms with Gasteiger partial charge >= 0.3 is 0 Å². The highest BCUT2D eigenvalue weighted by molar-refractivity contribution is 5.85. The van der Waals surface area contributed by atoms with Gasteiger partial charge in [-0.15, -0.1) is 0 Å². The van der Waals surface area contributed by atoms with Crippen LogP contribution in [0, 0.1) is 11.8 Å². The van der Waals surface area contributed by atoms with Crippen molar-refractivity contribution in [1.82, 2.24) is 0 Å². The van der Waals surface area contributed by atoms with E-state index >= 15 is 0 Å². The fourth-order valence-corrected chi connectivity index (χ4v) is 2.95. The van der Waals surface area contributed by atoms with E-state index in [1.165, 1.54) is 19.3 Å². The van der Waals surface area contributed by atoms with Crippen molar-refractivity contribution in [3.8, 4) is 17.6 Å². The van der Waals surface area contributed by atoms with Crippen LogP contribution >= 0.6 is 0 Å². The average molecular weight is 346 g/mol. The van der Waals surface area contributed by atoms with E-state index in [2.05, 4.69) is 11.8 Å². The molecule has 1 saturated carbocycles. The fraction of sp³-hybridized carbons (Fsp3) is 0.375. The lowest BCUT2D eigenvalue weighted by molar-refractivity contribution is -0.120. The quantitative estimate of drug-likeness (QED) is 0.646. The average Bonchev–Trinajstić information content (AvgIpc) is 2.64. The number of benzene rings is 2. The molecular formula is C24H26O2. The van der Waals surface area contributed by atoms with Crippen LogP contribution < -0.4 is 4.74 Å². The number of hydrogen-bond acceptors (Lipinski definition) is 2. The van der Waals surface area contributed by atoms with Crippen LogP contribution in [0.25, 0.3) is 0 Å². The molecule has 0 bridgehead atoms. The third-order valence-electron chi connectivity index (χ3n) is 4.95. The van der Waals surface area contributed by atoms with E-state index in [0.29, 0.717) is 18.3 Å². The van der Waals surface area contributed by atoms with Gasteiger partial charge in [0.15, 0.2) is 0 Å². The molecule has 1 aliphatic carbocycles. The van der Waals surface area contributed by atoms with Gasteiger partial charge in [0, 0.05) is 23.5 Å².